The Morgan fingerprint density at radius 2 is 0.607 bits per heavy atom. The van der Waals surface area contributed by atoms with Gasteiger partial charge in [-0.15, -0.1) is 0 Å². The number of amides is 1. The molecule has 0 aromatic carbocycles. The number of nitrogens with one attached hydrogen (secondary N) is 1. The van der Waals surface area contributed by atoms with E-state index in [1.54, 1.807) is 0 Å². The fourth-order valence-corrected chi connectivity index (χ4v) is 7.30. The van der Waals surface area contributed by atoms with Gasteiger partial charge in [0, 0.05) is 19.3 Å². The molecular formula is C46H92NO8P. The fraction of sp³-hybridized carbons (Fsp3) is 0.935. The number of aliphatic hydroxyl groups excluding tert-OH is 1. The molecule has 0 rings (SSSR count). The van der Waals surface area contributed by atoms with Crippen molar-refractivity contribution >= 4 is 25.3 Å². The number of hydrogen-bond donors (Lipinski definition) is 5. The normalized spacial score (nSPS) is 12.6. The van der Waals surface area contributed by atoms with Crippen LogP contribution in [0, 0.1) is 0 Å². The van der Waals surface area contributed by atoms with Gasteiger partial charge in [0.25, 0.3) is 0 Å². The lowest BCUT2D eigenvalue weighted by Gasteiger charge is -2.22. The number of rotatable bonds is 42. The molecule has 0 fully saturated rings. The van der Waals surface area contributed by atoms with Gasteiger partial charge in [0.2, 0.25) is 5.91 Å². The largest absolute Gasteiger partial charge is 0.466 e. The lowest BCUT2D eigenvalue weighted by atomic mass is 9.95. The molecule has 2 unspecified atom stereocenters. The third-order valence-electron chi connectivity index (χ3n) is 10.9. The Balaban J connectivity index is 0. The summed E-state index contributed by atoms with van der Waals surface area (Å²) in [6.45, 7) is 6.76. The summed E-state index contributed by atoms with van der Waals surface area (Å²) in [6.07, 6.45) is 42.1. The second kappa shape index (κ2) is 43.5. The van der Waals surface area contributed by atoms with Gasteiger partial charge in [-0.1, -0.05) is 226 Å². The number of phosphoric acid groups is 1. The second-order valence-corrected chi connectivity index (χ2v) is 17.5. The molecule has 0 radical (unpaired) electrons. The molecule has 0 aliphatic rings. The van der Waals surface area contributed by atoms with Gasteiger partial charge in [-0.05, 0) is 19.3 Å². The van der Waals surface area contributed by atoms with Crippen LogP contribution in [0.15, 0.2) is 0 Å². The molecule has 1 amide bonds. The van der Waals surface area contributed by atoms with E-state index < -0.39 is 20.0 Å². The van der Waals surface area contributed by atoms with Crippen LogP contribution in [-0.2, 0) is 18.9 Å². The zero-order chi connectivity index (χ0) is 42.0. The van der Waals surface area contributed by atoms with Crippen molar-refractivity contribution in [1.29, 1.82) is 0 Å². The molecule has 10 heteroatoms. The molecular weight excluding hydrogens is 725 g/mol. The van der Waals surface area contributed by atoms with Gasteiger partial charge in [-0.2, -0.15) is 0 Å². The van der Waals surface area contributed by atoms with Gasteiger partial charge in [0.05, 0.1) is 0 Å². The highest BCUT2D eigenvalue weighted by Gasteiger charge is 2.32. The fourth-order valence-electron chi connectivity index (χ4n) is 7.30. The van der Waals surface area contributed by atoms with E-state index in [0.717, 1.165) is 57.8 Å². The van der Waals surface area contributed by atoms with Gasteiger partial charge >= 0.3 is 7.82 Å². The number of ketones is 2. The van der Waals surface area contributed by atoms with E-state index in [1.807, 2.05) is 0 Å². The third kappa shape index (κ3) is 45.6. The van der Waals surface area contributed by atoms with Crippen molar-refractivity contribution in [3.05, 3.63) is 0 Å². The van der Waals surface area contributed by atoms with Crippen molar-refractivity contribution in [2.24, 2.45) is 0 Å². The molecule has 0 heterocycles. The quantitative estimate of drug-likeness (QED) is 0.0300. The number of aliphatic hydroxyl groups is 1. The summed E-state index contributed by atoms with van der Waals surface area (Å²) >= 11 is 0. The Morgan fingerprint density at radius 1 is 0.393 bits per heavy atom. The van der Waals surface area contributed by atoms with Gasteiger partial charge in [-0.25, -0.2) is 4.57 Å². The molecule has 5 N–H and O–H groups in total. The first-order chi connectivity index (χ1) is 27.0. The minimum atomic E-state index is -4.64. The lowest BCUT2D eigenvalue weighted by molar-refractivity contribution is -0.137. The van der Waals surface area contributed by atoms with E-state index in [4.69, 9.17) is 19.2 Å². The number of hydrogen-bond acceptors (Lipinski definition) is 5. The molecule has 0 aliphatic carbocycles. The minimum absolute atomic E-state index is 0.190. The van der Waals surface area contributed by atoms with E-state index in [0.29, 0.717) is 12.8 Å². The Hall–Kier alpha value is -1.12. The van der Waals surface area contributed by atoms with Crippen LogP contribution in [0.25, 0.3) is 0 Å². The molecule has 0 aromatic heterocycles. The highest BCUT2D eigenvalue weighted by molar-refractivity contribution is 7.45. The summed E-state index contributed by atoms with van der Waals surface area (Å²) < 4.78 is 8.88. The maximum absolute atomic E-state index is 13.3. The zero-order valence-electron chi connectivity index (χ0n) is 36.9. The van der Waals surface area contributed by atoms with Crippen molar-refractivity contribution in [3.8, 4) is 0 Å². The molecule has 9 nitrogen and oxygen atoms in total. The van der Waals surface area contributed by atoms with Gasteiger partial charge in [0.1, 0.15) is 12.1 Å². The van der Waals surface area contributed by atoms with Crippen LogP contribution in [-0.4, -0.2) is 49.4 Å². The van der Waals surface area contributed by atoms with Crippen molar-refractivity contribution in [2.45, 2.75) is 277 Å². The van der Waals surface area contributed by atoms with E-state index in [2.05, 4.69) is 26.1 Å². The standard InChI is InChI=1S/C46H89NO4.H3O4P/c1-4-7-10-13-16-19-21-23-25-28-30-33-36-39-42(48)45(47-44(50)41-38-35-32-27-18-15-12-9-6-3)46(51)43(49)40-37-34-31-29-26-24-22-20-17-14-11-8-5-2;1-5(2,3)4/h45-46,51H,4-41H2,1-3H3,(H,47,50);(H3,1,2,3,4). The average Bonchev–Trinajstić information content (AvgIpc) is 3.15. The molecule has 0 aromatic rings. The molecule has 0 saturated heterocycles. The Bertz CT molecular complexity index is 919. The van der Waals surface area contributed by atoms with Crippen molar-refractivity contribution < 1.29 is 38.7 Å². The lowest BCUT2D eigenvalue weighted by Crippen LogP contribution is -2.51. The smallest absolute Gasteiger partial charge is 0.383 e. The monoisotopic (exact) mass is 818 g/mol. The summed E-state index contributed by atoms with van der Waals surface area (Å²) in [5.74, 6) is -0.704. The van der Waals surface area contributed by atoms with Crippen LogP contribution in [0.2, 0.25) is 0 Å². The summed E-state index contributed by atoms with van der Waals surface area (Å²) in [7, 11) is -4.64. The van der Waals surface area contributed by atoms with Crippen LogP contribution < -0.4 is 5.32 Å². The van der Waals surface area contributed by atoms with E-state index in [1.165, 1.54) is 167 Å². The molecule has 56 heavy (non-hydrogen) atoms. The third-order valence-corrected chi connectivity index (χ3v) is 10.9. The number of carbonyl (C=O) groups is 3. The molecule has 0 saturated carbocycles. The Kier molecular flexibility index (Phi) is 44.2. The first-order valence-electron chi connectivity index (χ1n) is 23.8. The maximum Gasteiger partial charge on any atom is 0.466 e. The molecule has 2 atom stereocenters. The topological polar surface area (TPSA) is 161 Å². The summed E-state index contributed by atoms with van der Waals surface area (Å²) in [5, 5.41) is 13.8. The van der Waals surface area contributed by atoms with Crippen molar-refractivity contribution in [3.63, 3.8) is 0 Å². The van der Waals surface area contributed by atoms with Crippen molar-refractivity contribution in [2.75, 3.05) is 0 Å². The highest BCUT2D eigenvalue weighted by atomic mass is 31.2. The van der Waals surface area contributed by atoms with E-state index in [9.17, 15) is 19.5 Å². The number of Topliss-reactive ketones (excluding diaryl/α,β-unsaturated/α-hetero) is 2. The van der Waals surface area contributed by atoms with Crippen LogP contribution in [0.3, 0.4) is 0 Å². The van der Waals surface area contributed by atoms with Crippen LogP contribution in [0.4, 0.5) is 0 Å². The predicted octanol–water partition coefficient (Wildman–Crippen LogP) is 12.9. The average molecular weight is 818 g/mol. The summed E-state index contributed by atoms with van der Waals surface area (Å²) in [6, 6.07) is -1.11. The molecule has 334 valence electrons. The minimum Gasteiger partial charge on any atom is -0.383 e. The van der Waals surface area contributed by atoms with Crippen LogP contribution in [0.5, 0.6) is 0 Å². The first kappa shape index (κ1) is 57.0. The highest BCUT2D eigenvalue weighted by Crippen LogP contribution is 2.26. The first-order valence-corrected chi connectivity index (χ1v) is 25.3. The molecule has 0 bridgehead atoms. The Labute approximate surface area is 345 Å². The van der Waals surface area contributed by atoms with E-state index in [-0.39, 0.29) is 23.9 Å². The zero-order valence-corrected chi connectivity index (χ0v) is 37.8. The number of carbonyl (C=O) groups excluding carboxylic acids is 3. The summed E-state index contributed by atoms with van der Waals surface area (Å²) in [4.78, 5) is 60.8. The maximum atomic E-state index is 13.3. The predicted molar refractivity (Wildman–Crippen MR) is 235 cm³/mol. The van der Waals surface area contributed by atoms with Crippen LogP contribution >= 0.6 is 7.82 Å². The summed E-state index contributed by atoms with van der Waals surface area (Å²) in [5.41, 5.74) is 0. The molecule has 0 aliphatic heterocycles. The van der Waals surface area contributed by atoms with Crippen molar-refractivity contribution in [1.82, 2.24) is 5.32 Å². The number of unbranched alkanes of at least 4 members (excludes halogenated alkanes) is 32. The molecule has 0 spiro atoms. The van der Waals surface area contributed by atoms with Gasteiger partial charge in [-0.3, -0.25) is 14.4 Å². The van der Waals surface area contributed by atoms with Gasteiger partial charge in [0.15, 0.2) is 11.6 Å². The second-order valence-electron chi connectivity index (χ2n) is 16.5. The van der Waals surface area contributed by atoms with Crippen LogP contribution in [0.1, 0.15) is 265 Å². The SMILES string of the molecule is CCCCCCCCCCCCCCCC(=O)C(O)C(NC(=O)CCCCCCCCCCC)C(=O)CCCCCCCCCCCCCCC.O=P(O)(O)O. The van der Waals surface area contributed by atoms with Gasteiger partial charge < -0.3 is 25.1 Å². The van der Waals surface area contributed by atoms with E-state index >= 15 is 0 Å². The Morgan fingerprint density at radius 3 is 0.875 bits per heavy atom.